The fourth-order valence-corrected chi connectivity index (χ4v) is 5.39. The van der Waals surface area contributed by atoms with E-state index in [4.69, 9.17) is 0 Å². The topological polar surface area (TPSA) is 47.6 Å². The lowest BCUT2D eigenvalue weighted by molar-refractivity contribution is -0.117. The molecule has 0 aromatic heterocycles. The maximum Gasteiger partial charge on any atom is 0.224 e. The Balaban J connectivity index is 1.58. The molecule has 5 nitrogen and oxygen atoms in total. The molecule has 5 rings (SSSR count). The number of hydrogen-bond acceptors (Lipinski definition) is 4. The number of para-hydroxylation sites is 1. The second kappa shape index (κ2) is 7.95. The normalized spacial score (nSPS) is 26.3. The van der Waals surface area contributed by atoms with E-state index in [9.17, 15) is 4.79 Å². The third-order valence-corrected chi connectivity index (χ3v) is 6.99. The van der Waals surface area contributed by atoms with Gasteiger partial charge in [0.2, 0.25) is 5.91 Å². The number of anilines is 3. The predicted octanol–water partition coefficient (Wildman–Crippen LogP) is 4.03. The van der Waals surface area contributed by atoms with Crippen LogP contribution in [-0.2, 0) is 4.79 Å². The maximum absolute atomic E-state index is 12.8. The summed E-state index contributed by atoms with van der Waals surface area (Å²) in [6, 6.07) is 17.7. The molecule has 2 aromatic rings. The quantitative estimate of drug-likeness (QED) is 0.808. The van der Waals surface area contributed by atoms with Crippen molar-refractivity contribution in [2.45, 2.75) is 38.8 Å². The largest absolute Gasteiger partial charge is 0.378 e. The Hall–Kier alpha value is -2.53. The highest BCUT2D eigenvalue weighted by atomic mass is 16.2. The van der Waals surface area contributed by atoms with E-state index in [-0.39, 0.29) is 18.0 Å². The highest BCUT2D eigenvalue weighted by Crippen LogP contribution is 2.50. The lowest BCUT2D eigenvalue weighted by atomic mass is 9.79. The van der Waals surface area contributed by atoms with E-state index in [2.05, 4.69) is 75.9 Å². The Morgan fingerprint density at radius 3 is 2.47 bits per heavy atom. The summed E-state index contributed by atoms with van der Waals surface area (Å²) < 4.78 is 0. The van der Waals surface area contributed by atoms with E-state index in [0.717, 1.165) is 37.6 Å². The minimum atomic E-state index is 0.160. The van der Waals surface area contributed by atoms with Crippen molar-refractivity contribution in [3.05, 3.63) is 54.1 Å². The number of piperazine rings is 1. The fraction of sp³-hybridized carbons (Fsp3) is 0.480. The Labute approximate surface area is 179 Å². The van der Waals surface area contributed by atoms with Crippen LogP contribution < -0.4 is 20.4 Å². The molecule has 0 unspecified atom stereocenters. The highest BCUT2D eigenvalue weighted by Gasteiger charge is 2.47. The Morgan fingerprint density at radius 1 is 1.07 bits per heavy atom. The van der Waals surface area contributed by atoms with E-state index >= 15 is 0 Å². The van der Waals surface area contributed by atoms with E-state index in [1.54, 1.807) is 6.92 Å². The molecular weight excluding hydrogens is 372 g/mol. The molecule has 0 radical (unpaired) electrons. The number of carbonyl (C=O) groups excluding carboxylic acids is 1. The zero-order valence-corrected chi connectivity index (χ0v) is 18.0. The molecule has 1 aliphatic carbocycles. The van der Waals surface area contributed by atoms with Gasteiger partial charge in [0, 0.05) is 67.7 Å². The number of rotatable bonds is 4. The summed E-state index contributed by atoms with van der Waals surface area (Å²) in [6.45, 7) is 8.12. The standard InChI is InChI=1S/C25H32N4O/c1-17-24(27-20-6-4-3-5-7-20)22-16-21(28-14-12-26-13-15-28)10-11-23(22)29(18(2)30)25(17)19-8-9-19/h3-7,10-11,16-17,19,24-27H,8-9,12-15H2,1-2H3/t17-,24-,25-/m1/s1. The third kappa shape index (κ3) is 3.56. The van der Waals surface area contributed by atoms with Gasteiger partial charge in [0.1, 0.15) is 0 Å². The molecule has 2 fully saturated rings. The molecule has 5 heteroatoms. The summed E-state index contributed by atoms with van der Waals surface area (Å²) in [6.07, 6.45) is 2.45. The smallest absolute Gasteiger partial charge is 0.224 e. The zero-order valence-electron chi connectivity index (χ0n) is 18.0. The molecule has 2 heterocycles. The zero-order chi connectivity index (χ0) is 20.7. The van der Waals surface area contributed by atoms with Gasteiger partial charge in [-0.25, -0.2) is 0 Å². The van der Waals surface area contributed by atoms with E-state index in [0.29, 0.717) is 11.8 Å². The molecule has 1 saturated carbocycles. The van der Waals surface area contributed by atoms with Crippen LogP contribution in [0.1, 0.15) is 38.3 Å². The first-order valence-electron chi connectivity index (χ1n) is 11.3. The number of benzene rings is 2. The molecular formula is C25H32N4O. The number of nitrogens with zero attached hydrogens (tertiary/aromatic N) is 2. The number of fused-ring (bicyclic) bond motifs is 1. The average molecular weight is 405 g/mol. The van der Waals surface area contributed by atoms with Gasteiger partial charge in [-0.2, -0.15) is 0 Å². The predicted molar refractivity (Wildman–Crippen MR) is 123 cm³/mol. The summed E-state index contributed by atoms with van der Waals surface area (Å²) in [5.74, 6) is 1.12. The first-order valence-corrected chi connectivity index (χ1v) is 11.3. The summed E-state index contributed by atoms with van der Waals surface area (Å²) in [5.41, 5.74) is 4.73. The van der Waals surface area contributed by atoms with Crippen molar-refractivity contribution in [3.8, 4) is 0 Å². The summed E-state index contributed by atoms with van der Waals surface area (Å²) >= 11 is 0. The number of hydrogen-bond donors (Lipinski definition) is 2. The van der Waals surface area contributed by atoms with E-state index < -0.39 is 0 Å². The second-order valence-corrected chi connectivity index (χ2v) is 9.04. The van der Waals surface area contributed by atoms with Crippen LogP contribution in [0.3, 0.4) is 0 Å². The van der Waals surface area contributed by atoms with Gasteiger partial charge in [0.15, 0.2) is 0 Å². The molecule has 1 amide bonds. The minimum absolute atomic E-state index is 0.160. The molecule has 0 bridgehead atoms. The molecule has 2 aliphatic heterocycles. The average Bonchev–Trinajstić information content (AvgIpc) is 3.61. The van der Waals surface area contributed by atoms with Crippen molar-refractivity contribution in [1.82, 2.24) is 5.32 Å². The molecule has 3 aliphatic rings. The van der Waals surface area contributed by atoms with Crippen LogP contribution in [0.25, 0.3) is 0 Å². The number of nitrogens with one attached hydrogen (secondary N) is 2. The van der Waals surface area contributed by atoms with Crippen molar-refractivity contribution in [3.63, 3.8) is 0 Å². The summed E-state index contributed by atoms with van der Waals surface area (Å²) in [4.78, 5) is 17.3. The molecule has 30 heavy (non-hydrogen) atoms. The van der Waals surface area contributed by atoms with Gasteiger partial charge in [-0.05, 0) is 49.1 Å². The monoisotopic (exact) mass is 404 g/mol. The van der Waals surface area contributed by atoms with Crippen LogP contribution in [-0.4, -0.2) is 38.1 Å². The van der Waals surface area contributed by atoms with Gasteiger partial charge < -0.3 is 20.4 Å². The van der Waals surface area contributed by atoms with Crippen LogP contribution >= 0.6 is 0 Å². The van der Waals surface area contributed by atoms with E-state index in [1.165, 1.54) is 24.1 Å². The summed E-state index contributed by atoms with van der Waals surface area (Å²) in [5, 5.41) is 7.26. The highest BCUT2D eigenvalue weighted by molar-refractivity contribution is 5.94. The van der Waals surface area contributed by atoms with Crippen molar-refractivity contribution < 1.29 is 4.79 Å². The number of carbonyl (C=O) groups is 1. The van der Waals surface area contributed by atoms with Gasteiger partial charge in [0.05, 0.1) is 6.04 Å². The van der Waals surface area contributed by atoms with Crippen molar-refractivity contribution in [2.24, 2.45) is 11.8 Å². The Morgan fingerprint density at radius 2 is 1.80 bits per heavy atom. The lowest BCUT2D eigenvalue weighted by Gasteiger charge is -2.46. The van der Waals surface area contributed by atoms with Crippen LogP contribution in [0.4, 0.5) is 17.1 Å². The van der Waals surface area contributed by atoms with Crippen molar-refractivity contribution in [1.29, 1.82) is 0 Å². The lowest BCUT2D eigenvalue weighted by Crippen LogP contribution is -2.51. The van der Waals surface area contributed by atoms with Crippen LogP contribution in [0.2, 0.25) is 0 Å². The first-order chi connectivity index (χ1) is 14.6. The maximum atomic E-state index is 12.8. The third-order valence-electron chi connectivity index (χ3n) is 6.99. The van der Waals surface area contributed by atoms with Crippen LogP contribution in [0.15, 0.2) is 48.5 Å². The van der Waals surface area contributed by atoms with Gasteiger partial charge in [-0.1, -0.05) is 25.1 Å². The van der Waals surface area contributed by atoms with Gasteiger partial charge in [-0.3, -0.25) is 4.79 Å². The molecule has 1 saturated heterocycles. The Bertz CT molecular complexity index is 905. The molecule has 2 aromatic carbocycles. The Kier molecular flexibility index (Phi) is 5.15. The van der Waals surface area contributed by atoms with Crippen molar-refractivity contribution >= 4 is 23.0 Å². The molecule has 158 valence electrons. The van der Waals surface area contributed by atoms with Crippen LogP contribution in [0.5, 0.6) is 0 Å². The van der Waals surface area contributed by atoms with Gasteiger partial charge in [0.25, 0.3) is 0 Å². The van der Waals surface area contributed by atoms with Gasteiger partial charge in [-0.15, -0.1) is 0 Å². The SMILES string of the molecule is CC(=O)N1c2ccc(N3CCNCC3)cc2[C@H](Nc2ccccc2)[C@@H](C)[C@@H]1C1CC1. The van der Waals surface area contributed by atoms with Crippen LogP contribution in [0, 0.1) is 11.8 Å². The minimum Gasteiger partial charge on any atom is -0.378 e. The number of amides is 1. The second-order valence-electron chi connectivity index (χ2n) is 9.04. The van der Waals surface area contributed by atoms with Gasteiger partial charge >= 0.3 is 0 Å². The van der Waals surface area contributed by atoms with Crippen molar-refractivity contribution in [2.75, 3.05) is 41.3 Å². The molecule has 2 N–H and O–H groups in total. The molecule has 0 spiro atoms. The van der Waals surface area contributed by atoms with E-state index in [1.807, 2.05) is 0 Å². The fourth-order valence-electron chi connectivity index (χ4n) is 5.39. The summed E-state index contributed by atoms with van der Waals surface area (Å²) in [7, 11) is 0. The first kappa shape index (κ1) is 19.4. The molecule has 3 atom stereocenters.